The molecule has 2 atom stereocenters. The summed E-state index contributed by atoms with van der Waals surface area (Å²) in [7, 11) is 2.03. The topological polar surface area (TPSA) is 47.1 Å². The zero-order chi connectivity index (χ0) is 14.8. The van der Waals surface area contributed by atoms with Crippen LogP contribution in [0, 0.1) is 0 Å². The van der Waals surface area contributed by atoms with E-state index in [4.69, 9.17) is 5.73 Å². The predicted octanol–water partition coefficient (Wildman–Crippen LogP) is 2.12. The molecule has 4 heteroatoms. The summed E-state index contributed by atoms with van der Waals surface area (Å²) < 4.78 is 2.00. The number of nitrogens with two attached hydrogens (primary N) is 1. The van der Waals surface area contributed by atoms with Gasteiger partial charge in [-0.05, 0) is 51.8 Å². The molecule has 1 aromatic rings. The molecule has 1 aliphatic heterocycles. The van der Waals surface area contributed by atoms with Gasteiger partial charge in [0.25, 0.3) is 0 Å². The number of aromatic nitrogens is 2. The van der Waals surface area contributed by atoms with Crippen LogP contribution in [-0.4, -0.2) is 39.4 Å². The molecule has 1 saturated heterocycles. The van der Waals surface area contributed by atoms with E-state index in [1.54, 1.807) is 0 Å². The van der Waals surface area contributed by atoms with Crippen LogP contribution in [0.25, 0.3) is 0 Å². The van der Waals surface area contributed by atoms with Crippen molar-refractivity contribution in [1.82, 2.24) is 14.7 Å². The molecule has 1 aliphatic rings. The van der Waals surface area contributed by atoms with Crippen molar-refractivity contribution >= 4 is 0 Å². The number of nitrogens with zero attached hydrogens (tertiary/aromatic N) is 3. The fourth-order valence-corrected chi connectivity index (χ4v) is 3.33. The smallest absolute Gasteiger partial charge is 0.0624 e. The van der Waals surface area contributed by atoms with E-state index in [1.165, 1.54) is 31.6 Å². The third kappa shape index (κ3) is 2.91. The maximum Gasteiger partial charge on any atom is 0.0624 e. The highest BCUT2D eigenvalue weighted by Gasteiger charge is 2.37. The first-order valence-corrected chi connectivity index (χ1v) is 8.03. The van der Waals surface area contributed by atoms with Crippen LogP contribution in [0.1, 0.15) is 51.4 Å². The summed E-state index contributed by atoms with van der Waals surface area (Å²) in [6.07, 6.45) is 5.62. The fourth-order valence-electron chi connectivity index (χ4n) is 3.33. The Bertz CT molecular complexity index is 434. The Kier molecular flexibility index (Phi) is 4.86. The zero-order valence-corrected chi connectivity index (χ0v) is 13.5. The second-order valence-electron chi connectivity index (χ2n) is 6.32. The number of hydrogen-bond acceptors (Lipinski definition) is 3. The van der Waals surface area contributed by atoms with Crippen molar-refractivity contribution in [1.29, 1.82) is 0 Å². The standard InChI is InChI=1S/C16H30N4/c1-5-13-11-14(19(4)18-13)12-15(17)16(3,6-2)20-9-7-8-10-20/h11,15H,5-10,12,17H2,1-4H3. The number of rotatable bonds is 6. The summed E-state index contributed by atoms with van der Waals surface area (Å²) in [5.41, 5.74) is 9.13. The average Bonchev–Trinajstić information content (AvgIpc) is 3.08. The molecule has 114 valence electrons. The number of likely N-dealkylation sites (tertiary alicyclic amines) is 1. The molecule has 0 bridgehead atoms. The highest BCUT2D eigenvalue weighted by Crippen LogP contribution is 2.28. The lowest BCUT2D eigenvalue weighted by molar-refractivity contribution is 0.0991. The minimum atomic E-state index is 0.104. The van der Waals surface area contributed by atoms with Crippen molar-refractivity contribution < 1.29 is 0 Å². The van der Waals surface area contributed by atoms with Gasteiger partial charge in [-0.25, -0.2) is 0 Å². The van der Waals surface area contributed by atoms with E-state index in [0.717, 1.165) is 25.0 Å². The van der Waals surface area contributed by atoms with E-state index < -0.39 is 0 Å². The van der Waals surface area contributed by atoms with Crippen molar-refractivity contribution in [3.8, 4) is 0 Å². The molecule has 2 rings (SSSR count). The van der Waals surface area contributed by atoms with E-state index >= 15 is 0 Å². The van der Waals surface area contributed by atoms with Gasteiger partial charge in [-0.3, -0.25) is 9.58 Å². The summed E-state index contributed by atoms with van der Waals surface area (Å²) in [5.74, 6) is 0. The number of hydrogen-bond donors (Lipinski definition) is 1. The molecular weight excluding hydrogens is 248 g/mol. The first-order chi connectivity index (χ1) is 9.51. The second-order valence-corrected chi connectivity index (χ2v) is 6.32. The summed E-state index contributed by atoms with van der Waals surface area (Å²) in [6.45, 7) is 9.14. The van der Waals surface area contributed by atoms with Gasteiger partial charge < -0.3 is 5.73 Å². The molecule has 0 aromatic carbocycles. The molecule has 20 heavy (non-hydrogen) atoms. The monoisotopic (exact) mass is 278 g/mol. The Morgan fingerprint density at radius 2 is 2.00 bits per heavy atom. The van der Waals surface area contributed by atoms with Gasteiger partial charge in [0.1, 0.15) is 0 Å². The molecule has 2 N–H and O–H groups in total. The lowest BCUT2D eigenvalue weighted by Crippen LogP contribution is -2.57. The molecule has 2 heterocycles. The minimum absolute atomic E-state index is 0.104. The molecule has 1 fully saturated rings. The van der Waals surface area contributed by atoms with Crippen LogP contribution >= 0.6 is 0 Å². The van der Waals surface area contributed by atoms with Crippen LogP contribution in [0.5, 0.6) is 0 Å². The Balaban J connectivity index is 2.11. The van der Waals surface area contributed by atoms with E-state index in [2.05, 4.69) is 36.8 Å². The van der Waals surface area contributed by atoms with Crippen LogP contribution in [0.4, 0.5) is 0 Å². The Morgan fingerprint density at radius 3 is 2.50 bits per heavy atom. The molecule has 0 aliphatic carbocycles. The SMILES string of the molecule is CCc1cc(CC(N)C(C)(CC)N2CCCC2)n(C)n1. The lowest BCUT2D eigenvalue weighted by Gasteiger charge is -2.43. The molecular formula is C16H30N4. The van der Waals surface area contributed by atoms with Crippen LogP contribution in [0.15, 0.2) is 6.07 Å². The predicted molar refractivity (Wildman–Crippen MR) is 83.8 cm³/mol. The maximum absolute atomic E-state index is 6.61. The average molecular weight is 278 g/mol. The first-order valence-electron chi connectivity index (χ1n) is 8.03. The quantitative estimate of drug-likeness (QED) is 0.867. The molecule has 2 unspecified atom stereocenters. The van der Waals surface area contributed by atoms with Gasteiger partial charge >= 0.3 is 0 Å². The van der Waals surface area contributed by atoms with Crippen LogP contribution in [0.3, 0.4) is 0 Å². The van der Waals surface area contributed by atoms with Crippen molar-refractivity contribution in [2.75, 3.05) is 13.1 Å². The minimum Gasteiger partial charge on any atom is -0.326 e. The van der Waals surface area contributed by atoms with Gasteiger partial charge in [0, 0.05) is 30.7 Å². The Morgan fingerprint density at radius 1 is 1.35 bits per heavy atom. The van der Waals surface area contributed by atoms with Gasteiger partial charge in [-0.1, -0.05) is 13.8 Å². The molecule has 0 amide bonds. The summed E-state index contributed by atoms with van der Waals surface area (Å²) in [4.78, 5) is 2.59. The van der Waals surface area contributed by atoms with E-state index in [-0.39, 0.29) is 11.6 Å². The van der Waals surface area contributed by atoms with E-state index in [0.29, 0.717) is 0 Å². The van der Waals surface area contributed by atoms with Crippen LogP contribution < -0.4 is 5.73 Å². The van der Waals surface area contributed by atoms with Crippen LogP contribution in [0.2, 0.25) is 0 Å². The highest BCUT2D eigenvalue weighted by molar-refractivity contribution is 5.13. The van der Waals surface area contributed by atoms with Crippen molar-refractivity contribution in [2.45, 2.75) is 64.5 Å². The van der Waals surface area contributed by atoms with E-state index in [1.807, 2.05) is 11.7 Å². The zero-order valence-electron chi connectivity index (χ0n) is 13.5. The van der Waals surface area contributed by atoms with Crippen molar-refractivity contribution in [3.05, 3.63) is 17.5 Å². The maximum atomic E-state index is 6.61. The fraction of sp³-hybridized carbons (Fsp3) is 0.812. The molecule has 0 spiro atoms. The normalized spacial score (nSPS) is 21.1. The van der Waals surface area contributed by atoms with Crippen molar-refractivity contribution in [3.63, 3.8) is 0 Å². The lowest BCUT2D eigenvalue weighted by atomic mass is 9.85. The number of aryl methyl sites for hydroxylation is 2. The third-order valence-electron chi connectivity index (χ3n) is 5.16. The van der Waals surface area contributed by atoms with Crippen molar-refractivity contribution in [2.24, 2.45) is 12.8 Å². The molecule has 4 nitrogen and oxygen atoms in total. The molecule has 1 aromatic heterocycles. The Hall–Kier alpha value is -0.870. The highest BCUT2D eigenvalue weighted by atomic mass is 15.3. The molecule has 0 saturated carbocycles. The third-order valence-corrected chi connectivity index (χ3v) is 5.16. The summed E-state index contributed by atoms with van der Waals surface area (Å²) in [6, 6.07) is 2.37. The van der Waals surface area contributed by atoms with Gasteiger partial charge in [-0.2, -0.15) is 5.10 Å². The Labute approximate surface area is 123 Å². The second kappa shape index (κ2) is 6.27. The van der Waals surface area contributed by atoms with Gasteiger partial charge in [0.2, 0.25) is 0 Å². The van der Waals surface area contributed by atoms with Crippen LogP contribution in [-0.2, 0) is 19.9 Å². The van der Waals surface area contributed by atoms with Gasteiger partial charge in [0.15, 0.2) is 0 Å². The summed E-state index contributed by atoms with van der Waals surface area (Å²) >= 11 is 0. The van der Waals surface area contributed by atoms with Gasteiger partial charge in [0.05, 0.1) is 5.69 Å². The summed E-state index contributed by atoms with van der Waals surface area (Å²) in [5, 5.41) is 4.54. The molecule has 0 radical (unpaired) electrons. The van der Waals surface area contributed by atoms with E-state index in [9.17, 15) is 0 Å². The largest absolute Gasteiger partial charge is 0.326 e. The first kappa shape index (κ1) is 15.5. The van der Waals surface area contributed by atoms with Gasteiger partial charge in [-0.15, -0.1) is 0 Å².